The minimum absolute atomic E-state index is 0.106. The van der Waals surface area contributed by atoms with Crippen molar-refractivity contribution >= 4 is 17.6 Å². The van der Waals surface area contributed by atoms with Crippen LogP contribution in [-0.2, 0) is 17.5 Å². The summed E-state index contributed by atoms with van der Waals surface area (Å²) in [6.45, 7) is -0.609. The van der Waals surface area contributed by atoms with Crippen LogP contribution in [0.15, 0.2) is 0 Å². The molecule has 1 N–H and O–H groups in total. The van der Waals surface area contributed by atoms with Crippen molar-refractivity contribution in [2.45, 2.75) is 31.5 Å². The highest BCUT2D eigenvalue weighted by atomic mass is 35.5. The Morgan fingerprint density at radius 1 is 1.53 bits per heavy atom. The second-order valence-electron chi connectivity index (χ2n) is 3.87. The van der Waals surface area contributed by atoms with Gasteiger partial charge in [0.05, 0.1) is 10.7 Å². The molecule has 0 spiro atoms. The maximum absolute atomic E-state index is 12.6. The van der Waals surface area contributed by atoms with Crippen molar-refractivity contribution in [3.8, 4) is 0 Å². The molecule has 0 aliphatic heterocycles. The quantitative estimate of drug-likeness (QED) is 0.916. The zero-order chi connectivity index (χ0) is 12.8. The number of carboxylic acids is 1. The third-order valence-corrected chi connectivity index (χ3v) is 2.82. The molecule has 4 nitrogen and oxygen atoms in total. The number of rotatable bonds is 3. The van der Waals surface area contributed by atoms with Gasteiger partial charge in [-0.05, 0) is 12.8 Å². The maximum Gasteiger partial charge on any atom is 0.436 e. The maximum atomic E-state index is 12.6. The Bertz CT molecular complexity index is 466. The second kappa shape index (κ2) is 3.90. The van der Waals surface area contributed by atoms with E-state index in [-0.39, 0.29) is 11.6 Å². The van der Waals surface area contributed by atoms with Gasteiger partial charge in [-0.25, -0.2) is 0 Å². The van der Waals surface area contributed by atoms with Crippen LogP contribution in [0.4, 0.5) is 13.2 Å². The van der Waals surface area contributed by atoms with Crippen LogP contribution in [-0.4, -0.2) is 20.9 Å². The van der Waals surface area contributed by atoms with Gasteiger partial charge in [-0.1, -0.05) is 11.6 Å². The topological polar surface area (TPSA) is 55.1 Å². The molecular formula is C9H8ClF3N2O2. The number of halogens is 4. The predicted octanol–water partition coefficient (Wildman–Crippen LogP) is 2.52. The van der Waals surface area contributed by atoms with Gasteiger partial charge in [0.1, 0.15) is 6.54 Å². The largest absolute Gasteiger partial charge is 0.480 e. The van der Waals surface area contributed by atoms with Gasteiger partial charge in [0, 0.05) is 5.92 Å². The molecule has 0 bridgehead atoms. The fourth-order valence-electron chi connectivity index (χ4n) is 1.63. The van der Waals surface area contributed by atoms with Gasteiger partial charge in [-0.2, -0.15) is 18.3 Å². The number of alkyl halides is 3. The van der Waals surface area contributed by atoms with Crippen LogP contribution < -0.4 is 0 Å². The first-order valence-electron chi connectivity index (χ1n) is 4.86. The Hall–Kier alpha value is -1.24. The normalized spacial score (nSPS) is 16.2. The van der Waals surface area contributed by atoms with Crippen LogP contribution in [0, 0.1) is 0 Å². The summed E-state index contributed by atoms with van der Waals surface area (Å²) < 4.78 is 38.5. The molecule has 1 aromatic heterocycles. The number of carboxylic acid groups (broad SMARTS) is 1. The molecule has 0 saturated heterocycles. The van der Waals surface area contributed by atoms with E-state index in [0.717, 1.165) is 4.68 Å². The van der Waals surface area contributed by atoms with Crippen LogP contribution in [0.3, 0.4) is 0 Å². The summed E-state index contributed by atoms with van der Waals surface area (Å²) in [6, 6.07) is 0. The van der Waals surface area contributed by atoms with Gasteiger partial charge < -0.3 is 5.11 Å². The minimum atomic E-state index is -4.66. The lowest BCUT2D eigenvalue weighted by Gasteiger charge is -2.02. The highest BCUT2D eigenvalue weighted by Crippen LogP contribution is 2.46. The molecule has 8 heteroatoms. The van der Waals surface area contributed by atoms with E-state index in [1.807, 2.05) is 0 Å². The number of nitrogens with zero attached hydrogens (tertiary/aromatic N) is 2. The van der Waals surface area contributed by atoms with Crippen LogP contribution in [0.25, 0.3) is 0 Å². The second-order valence-corrected chi connectivity index (χ2v) is 4.25. The first kappa shape index (κ1) is 12.2. The smallest absolute Gasteiger partial charge is 0.436 e. The van der Waals surface area contributed by atoms with Crippen molar-refractivity contribution < 1.29 is 23.1 Å². The molecule has 0 amide bonds. The van der Waals surface area contributed by atoms with Gasteiger partial charge in [-0.15, -0.1) is 0 Å². The van der Waals surface area contributed by atoms with Crippen molar-refractivity contribution in [1.82, 2.24) is 9.78 Å². The molecular weight excluding hydrogens is 261 g/mol. The van der Waals surface area contributed by atoms with Gasteiger partial charge in [-0.3, -0.25) is 9.48 Å². The summed E-state index contributed by atoms with van der Waals surface area (Å²) in [5, 5.41) is 11.4. The Morgan fingerprint density at radius 2 is 2.12 bits per heavy atom. The van der Waals surface area contributed by atoms with E-state index in [2.05, 4.69) is 5.10 Å². The zero-order valence-electron chi connectivity index (χ0n) is 8.46. The van der Waals surface area contributed by atoms with E-state index in [4.69, 9.17) is 16.7 Å². The molecule has 1 aliphatic carbocycles. The molecule has 0 aromatic carbocycles. The van der Waals surface area contributed by atoms with Crippen molar-refractivity contribution in [3.63, 3.8) is 0 Å². The first-order chi connectivity index (χ1) is 7.80. The lowest BCUT2D eigenvalue weighted by molar-refractivity contribution is -0.143. The fourth-order valence-corrected chi connectivity index (χ4v) is 2.03. The molecule has 1 fully saturated rings. The van der Waals surface area contributed by atoms with Crippen molar-refractivity contribution in [2.24, 2.45) is 0 Å². The molecule has 17 heavy (non-hydrogen) atoms. The summed E-state index contributed by atoms with van der Waals surface area (Å²) >= 11 is 5.64. The van der Waals surface area contributed by atoms with Crippen LogP contribution in [0.2, 0.25) is 5.02 Å². The number of hydrogen-bond acceptors (Lipinski definition) is 2. The number of aliphatic carboxylic acids is 1. The summed E-state index contributed by atoms with van der Waals surface area (Å²) in [7, 11) is 0. The summed E-state index contributed by atoms with van der Waals surface area (Å²) in [5.74, 6) is -1.36. The lowest BCUT2D eigenvalue weighted by Crippen LogP contribution is -2.14. The zero-order valence-corrected chi connectivity index (χ0v) is 9.22. The van der Waals surface area contributed by atoms with E-state index in [1.165, 1.54) is 0 Å². The molecule has 1 heterocycles. The van der Waals surface area contributed by atoms with Gasteiger partial charge in [0.25, 0.3) is 0 Å². The van der Waals surface area contributed by atoms with E-state index >= 15 is 0 Å². The third kappa shape index (κ3) is 2.38. The van der Waals surface area contributed by atoms with Crippen LogP contribution >= 0.6 is 11.6 Å². The van der Waals surface area contributed by atoms with E-state index in [0.29, 0.717) is 12.8 Å². The Kier molecular flexibility index (Phi) is 2.81. The summed E-state index contributed by atoms with van der Waals surface area (Å²) in [4.78, 5) is 10.5. The molecule has 94 valence electrons. The predicted molar refractivity (Wildman–Crippen MR) is 51.8 cm³/mol. The number of hydrogen-bond donors (Lipinski definition) is 1. The standard InChI is InChI=1S/C9H8ClF3N2O2/c10-6-7(4-1-2-4)15(3-5(16)17)14-8(6)9(11,12)13/h4H,1-3H2,(H,16,17). The molecule has 1 aliphatic rings. The molecule has 1 aromatic rings. The Balaban J connectivity index is 2.47. The Morgan fingerprint density at radius 3 is 2.53 bits per heavy atom. The van der Waals surface area contributed by atoms with Crippen molar-refractivity contribution in [1.29, 1.82) is 0 Å². The number of carbonyl (C=O) groups is 1. The highest BCUT2D eigenvalue weighted by molar-refractivity contribution is 6.32. The Labute approximate surface area is 99.0 Å². The molecule has 0 unspecified atom stereocenters. The third-order valence-electron chi connectivity index (χ3n) is 2.45. The van der Waals surface area contributed by atoms with Gasteiger partial charge in [0.2, 0.25) is 0 Å². The average Bonchev–Trinajstić information content (AvgIpc) is 2.90. The van der Waals surface area contributed by atoms with Crippen LogP contribution in [0.5, 0.6) is 0 Å². The van der Waals surface area contributed by atoms with Gasteiger partial charge >= 0.3 is 12.1 Å². The van der Waals surface area contributed by atoms with E-state index < -0.39 is 29.4 Å². The van der Waals surface area contributed by atoms with E-state index in [1.54, 1.807) is 0 Å². The monoisotopic (exact) mass is 268 g/mol. The van der Waals surface area contributed by atoms with Gasteiger partial charge in [0.15, 0.2) is 5.69 Å². The SMILES string of the molecule is O=C(O)Cn1nc(C(F)(F)F)c(Cl)c1C1CC1. The highest BCUT2D eigenvalue weighted by Gasteiger charge is 2.42. The average molecular weight is 269 g/mol. The van der Waals surface area contributed by atoms with Crippen LogP contribution in [0.1, 0.15) is 30.1 Å². The molecule has 1 saturated carbocycles. The van der Waals surface area contributed by atoms with Crippen molar-refractivity contribution in [2.75, 3.05) is 0 Å². The summed E-state index contributed by atoms with van der Waals surface area (Å²) in [5.41, 5.74) is -1.02. The first-order valence-corrected chi connectivity index (χ1v) is 5.23. The molecule has 0 radical (unpaired) electrons. The molecule has 0 atom stereocenters. The fraction of sp³-hybridized carbons (Fsp3) is 0.556. The van der Waals surface area contributed by atoms with E-state index in [9.17, 15) is 18.0 Å². The number of aromatic nitrogens is 2. The lowest BCUT2D eigenvalue weighted by atomic mass is 10.2. The molecule has 2 rings (SSSR count). The van der Waals surface area contributed by atoms with Crippen molar-refractivity contribution in [3.05, 3.63) is 16.4 Å². The summed E-state index contributed by atoms with van der Waals surface area (Å²) in [6.07, 6.45) is -3.24. The minimum Gasteiger partial charge on any atom is -0.480 e.